The van der Waals surface area contributed by atoms with Gasteiger partial charge in [0, 0.05) is 29.0 Å². The Hall–Kier alpha value is -1.12. The summed E-state index contributed by atoms with van der Waals surface area (Å²) in [6.45, 7) is 2.58. The van der Waals surface area contributed by atoms with Gasteiger partial charge in [-0.1, -0.05) is 6.07 Å². The summed E-state index contributed by atoms with van der Waals surface area (Å²) >= 11 is 2.80. The van der Waals surface area contributed by atoms with Crippen LogP contribution in [0.2, 0.25) is 0 Å². The highest BCUT2D eigenvalue weighted by Gasteiger charge is 2.36. The van der Waals surface area contributed by atoms with Crippen molar-refractivity contribution in [1.82, 2.24) is 5.32 Å². The van der Waals surface area contributed by atoms with E-state index in [9.17, 15) is 13.2 Å². The standard InChI is InChI=1S/C18H23F3N2OS2/c1-17(26-13-6-4-5-12(9-13)18(19,20)21)7-8-24-15(11-17)14(23-2)10-16(22)25-3/h4-6,9-10,15,22-23H,7-8,11H2,1-3H3/b14-10-,22-16?. The quantitative estimate of drug-likeness (QED) is 0.524. The van der Waals surface area contributed by atoms with Crippen molar-refractivity contribution in [2.24, 2.45) is 0 Å². The van der Waals surface area contributed by atoms with Crippen LogP contribution >= 0.6 is 23.5 Å². The smallest absolute Gasteiger partial charge is 0.389 e. The van der Waals surface area contributed by atoms with Crippen molar-refractivity contribution < 1.29 is 17.9 Å². The number of alkyl halides is 3. The van der Waals surface area contributed by atoms with Gasteiger partial charge in [0.15, 0.2) is 0 Å². The minimum absolute atomic E-state index is 0.204. The Morgan fingerprint density at radius 2 is 2.15 bits per heavy atom. The summed E-state index contributed by atoms with van der Waals surface area (Å²) in [7, 11) is 1.79. The molecule has 8 heteroatoms. The van der Waals surface area contributed by atoms with Crippen LogP contribution in [0.3, 0.4) is 0 Å². The fraction of sp³-hybridized carbons (Fsp3) is 0.500. The van der Waals surface area contributed by atoms with Crippen LogP contribution in [0.15, 0.2) is 40.9 Å². The first-order valence-electron chi connectivity index (χ1n) is 8.16. The summed E-state index contributed by atoms with van der Waals surface area (Å²) in [5, 5.41) is 11.3. The Labute approximate surface area is 160 Å². The van der Waals surface area contributed by atoms with Crippen molar-refractivity contribution in [2.45, 2.75) is 41.7 Å². The molecule has 0 radical (unpaired) electrons. The Kier molecular flexibility index (Phi) is 7.10. The number of thioether (sulfide) groups is 2. The molecule has 1 heterocycles. The van der Waals surface area contributed by atoms with E-state index in [4.69, 9.17) is 10.1 Å². The Morgan fingerprint density at radius 1 is 1.42 bits per heavy atom. The van der Waals surface area contributed by atoms with E-state index >= 15 is 0 Å². The number of hydrogen-bond acceptors (Lipinski definition) is 5. The van der Waals surface area contributed by atoms with Crippen LogP contribution in [-0.2, 0) is 10.9 Å². The molecule has 2 atom stereocenters. The number of ether oxygens (including phenoxy) is 1. The molecule has 2 unspecified atom stereocenters. The zero-order valence-electron chi connectivity index (χ0n) is 14.9. The lowest BCUT2D eigenvalue weighted by atomic mass is 9.94. The van der Waals surface area contributed by atoms with Crippen LogP contribution in [0.25, 0.3) is 0 Å². The monoisotopic (exact) mass is 404 g/mol. The van der Waals surface area contributed by atoms with Crippen molar-refractivity contribution in [3.8, 4) is 0 Å². The van der Waals surface area contributed by atoms with Crippen molar-refractivity contribution >= 4 is 28.6 Å². The third-order valence-corrected chi connectivity index (χ3v) is 6.15. The molecule has 0 aromatic heterocycles. The second-order valence-electron chi connectivity index (χ2n) is 6.31. The molecule has 1 fully saturated rings. The number of benzene rings is 1. The van der Waals surface area contributed by atoms with Crippen LogP contribution in [0.1, 0.15) is 25.3 Å². The molecule has 0 saturated carbocycles. The molecule has 1 aromatic carbocycles. The summed E-state index contributed by atoms with van der Waals surface area (Å²) < 4.78 is 44.4. The van der Waals surface area contributed by atoms with E-state index in [1.54, 1.807) is 19.2 Å². The molecule has 2 N–H and O–H groups in total. The molecular formula is C18H23F3N2OS2. The molecule has 144 valence electrons. The first-order valence-corrected chi connectivity index (χ1v) is 10.2. The fourth-order valence-corrected chi connectivity index (χ4v) is 4.38. The maximum atomic E-state index is 12.9. The second-order valence-corrected chi connectivity index (χ2v) is 8.82. The van der Waals surface area contributed by atoms with E-state index in [1.165, 1.54) is 35.7 Å². The number of halogens is 3. The lowest BCUT2D eigenvalue weighted by Crippen LogP contribution is -2.39. The van der Waals surface area contributed by atoms with Crippen LogP contribution in [0.5, 0.6) is 0 Å². The summed E-state index contributed by atoms with van der Waals surface area (Å²) in [6, 6.07) is 5.46. The largest absolute Gasteiger partial charge is 0.416 e. The normalized spacial score (nSPS) is 24.4. The summed E-state index contributed by atoms with van der Waals surface area (Å²) in [6.07, 6.45) is 0.446. The average Bonchev–Trinajstić information content (AvgIpc) is 2.58. The van der Waals surface area contributed by atoms with Gasteiger partial charge in [0.1, 0.15) is 0 Å². The molecule has 1 saturated heterocycles. The molecule has 0 bridgehead atoms. The topological polar surface area (TPSA) is 45.1 Å². The van der Waals surface area contributed by atoms with Gasteiger partial charge < -0.3 is 10.1 Å². The molecule has 2 rings (SSSR count). The number of nitrogens with one attached hydrogen (secondary N) is 2. The predicted molar refractivity (Wildman–Crippen MR) is 103 cm³/mol. The van der Waals surface area contributed by atoms with Crippen LogP contribution in [0, 0.1) is 5.41 Å². The van der Waals surface area contributed by atoms with Crippen molar-refractivity contribution in [1.29, 1.82) is 5.41 Å². The van der Waals surface area contributed by atoms with Gasteiger partial charge in [-0.2, -0.15) is 13.2 Å². The minimum atomic E-state index is -4.34. The van der Waals surface area contributed by atoms with Gasteiger partial charge in [0.2, 0.25) is 0 Å². The number of likely N-dealkylation sites (N-methyl/N-ethyl adjacent to an activating group) is 1. The molecule has 0 aliphatic carbocycles. The van der Waals surface area contributed by atoms with E-state index in [1.807, 2.05) is 6.26 Å². The lowest BCUT2D eigenvalue weighted by Gasteiger charge is -2.38. The predicted octanol–water partition coefficient (Wildman–Crippen LogP) is 5.18. The highest BCUT2D eigenvalue weighted by molar-refractivity contribution is 8.13. The zero-order chi connectivity index (χ0) is 19.4. The molecule has 0 amide bonds. The Balaban J connectivity index is 2.16. The van der Waals surface area contributed by atoms with Gasteiger partial charge in [-0.05, 0) is 50.3 Å². The third kappa shape index (κ3) is 5.69. The first-order chi connectivity index (χ1) is 12.2. The van der Waals surface area contributed by atoms with E-state index in [0.29, 0.717) is 23.0 Å². The van der Waals surface area contributed by atoms with Gasteiger partial charge in [-0.25, -0.2) is 0 Å². The molecule has 3 nitrogen and oxygen atoms in total. The van der Waals surface area contributed by atoms with Crippen molar-refractivity contribution in [3.63, 3.8) is 0 Å². The van der Waals surface area contributed by atoms with Crippen LogP contribution in [-0.4, -0.2) is 35.8 Å². The van der Waals surface area contributed by atoms with E-state index < -0.39 is 11.7 Å². The van der Waals surface area contributed by atoms with Gasteiger partial charge in [-0.3, -0.25) is 5.41 Å². The van der Waals surface area contributed by atoms with Crippen LogP contribution in [0.4, 0.5) is 13.2 Å². The fourth-order valence-electron chi connectivity index (χ4n) is 2.81. The minimum Gasteiger partial charge on any atom is -0.389 e. The summed E-state index contributed by atoms with van der Waals surface area (Å²) in [4.78, 5) is 0.606. The SMILES string of the molecule is CN/C(=C\C(=N)SC)C1CC(C)(Sc2cccc(C(F)(F)F)c2)CCO1. The Bertz CT molecular complexity index is 679. The van der Waals surface area contributed by atoms with Gasteiger partial charge in [0.25, 0.3) is 0 Å². The number of hydrogen-bond donors (Lipinski definition) is 2. The molecule has 1 aliphatic rings. The van der Waals surface area contributed by atoms with Gasteiger partial charge in [-0.15, -0.1) is 23.5 Å². The van der Waals surface area contributed by atoms with Crippen molar-refractivity contribution in [2.75, 3.05) is 19.9 Å². The zero-order valence-corrected chi connectivity index (χ0v) is 16.6. The van der Waals surface area contributed by atoms with Crippen molar-refractivity contribution in [3.05, 3.63) is 41.6 Å². The number of rotatable bonds is 5. The maximum absolute atomic E-state index is 12.9. The molecule has 0 spiro atoms. The summed E-state index contributed by atoms with van der Waals surface area (Å²) in [5.41, 5.74) is 0.193. The molecule has 1 aromatic rings. The maximum Gasteiger partial charge on any atom is 0.416 e. The molecule has 1 aliphatic heterocycles. The Morgan fingerprint density at radius 3 is 2.77 bits per heavy atom. The highest BCUT2D eigenvalue weighted by Crippen LogP contribution is 2.44. The lowest BCUT2D eigenvalue weighted by molar-refractivity contribution is -0.137. The summed E-state index contributed by atoms with van der Waals surface area (Å²) in [5.74, 6) is 0. The van der Waals surface area contributed by atoms with Gasteiger partial charge >= 0.3 is 6.18 Å². The molecular weight excluding hydrogens is 381 g/mol. The van der Waals surface area contributed by atoms with Crippen LogP contribution < -0.4 is 5.32 Å². The highest BCUT2D eigenvalue weighted by atomic mass is 32.2. The second kappa shape index (κ2) is 8.71. The third-order valence-electron chi connectivity index (χ3n) is 4.23. The van der Waals surface area contributed by atoms with E-state index in [0.717, 1.165) is 18.2 Å². The average molecular weight is 405 g/mol. The van der Waals surface area contributed by atoms with E-state index in [-0.39, 0.29) is 10.9 Å². The van der Waals surface area contributed by atoms with E-state index in [2.05, 4.69) is 12.2 Å². The van der Waals surface area contributed by atoms with Gasteiger partial charge in [0.05, 0.1) is 16.7 Å². The molecule has 26 heavy (non-hydrogen) atoms. The first kappa shape index (κ1) is 21.2.